The highest BCUT2D eigenvalue weighted by Gasteiger charge is 2.14. The van der Waals surface area contributed by atoms with Gasteiger partial charge in [-0.15, -0.1) is 0 Å². The zero-order valence-electron chi connectivity index (χ0n) is 11.6. The fraction of sp³-hybridized carbons (Fsp3) is 0.267. The molecule has 0 amide bonds. The van der Waals surface area contributed by atoms with Crippen LogP contribution in [0.15, 0.2) is 29.0 Å². The van der Waals surface area contributed by atoms with Gasteiger partial charge in [-0.1, -0.05) is 5.16 Å². The van der Waals surface area contributed by atoms with Crippen molar-refractivity contribution in [1.29, 1.82) is 0 Å². The van der Waals surface area contributed by atoms with Crippen molar-refractivity contribution in [1.82, 2.24) is 15.1 Å². The number of anilines is 2. The van der Waals surface area contributed by atoms with Crippen LogP contribution in [0, 0.1) is 6.92 Å². The lowest BCUT2D eigenvalue weighted by Crippen LogP contribution is -2.08. The number of fused-ring (bicyclic) bond motifs is 2. The van der Waals surface area contributed by atoms with E-state index in [4.69, 9.17) is 9.26 Å². The van der Waals surface area contributed by atoms with E-state index in [1.807, 2.05) is 19.1 Å². The maximum absolute atomic E-state index is 5.63. The van der Waals surface area contributed by atoms with Crippen molar-refractivity contribution in [3.8, 4) is 5.75 Å². The first-order valence-corrected chi connectivity index (χ1v) is 6.91. The molecule has 0 unspecified atom stereocenters. The second-order valence-corrected chi connectivity index (χ2v) is 5.07. The smallest absolute Gasteiger partial charge is 0.263 e. The topological polar surface area (TPSA) is 73.1 Å². The molecule has 1 aliphatic heterocycles. The summed E-state index contributed by atoms with van der Waals surface area (Å²) in [5.74, 6) is 1.68. The van der Waals surface area contributed by atoms with E-state index in [1.54, 1.807) is 0 Å². The van der Waals surface area contributed by atoms with Crippen LogP contribution < -0.4 is 10.1 Å². The lowest BCUT2D eigenvalue weighted by atomic mass is 10.1. The predicted molar refractivity (Wildman–Crippen MR) is 77.9 cm³/mol. The Hall–Kier alpha value is -2.63. The van der Waals surface area contributed by atoms with Crippen molar-refractivity contribution in [3.05, 3.63) is 35.8 Å². The summed E-state index contributed by atoms with van der Waals surface area (Å²) in [7, 11) is 0. The van der Waals surface area contributed by atoms with Gasteiger partial charge in [-0.2, -0.15) is 4.98 Å². The van der Waals surface area contributed by atoms with E-state index in [9.17, 15) is 0 Å². The zero-order valence-corrected chi connectivity index (χ0v) is 11.6. The maximum atomic E-state index is 5.63. The standard InChI is InChI=1S/C15H14N4O2/c1-9-13-14(16-8-17-15(13)21-19-9)18-11-4-5-12-10(7-11)3-2-6-20-12/h4-5,7-8H,2-3,6H2,1H3,(H,16,17,18). The van der Waals surface area contributed by atoms with Crippen LogP contribution in [0.2, 0.25) is 0 Å². The predicted octanol–water partition coefficient (Wildman–Crippen LogP) is 2.99. The summed E-state index contributed by atoms with van der Waals surface area (Å²) in [6, 6.07) is 6.09. The second-order valence-electron chi connectivity index (χ2n) is 5.07. The molecule has 0 saturated carbocycles. The number of nitrogens with zero attached hydrogens (tertiary/aromatic N) is 3. The Bertz CT molecular complexity index is 813. The van der Waals surface area contributed by atoms with Crippen molar-refractivity contribution < 1.29 is 9.26 Å². The van der Waals surface area contributed by atoms with Crippen LogP contribution >= 0.6 is 0 Å². The molecule has 0 fully saturated rings. The number of ether oxygens (including phenoxy) is 1. The average molecular weight is 282 g/mol. The van der Waals surface area contributed by atoms with Crippen LogP contribution in [0.4, 0.5) is 11.5 Å². The molecular weight excluding hydrogens is 268 g/mol. The molecule has 1 aliphatic rings. The molecular formula is C15H14N4O2. The van der Waals surface area contributed by atoms with Crippen LogP contribution in [0.25, 0.3) is 11.1 Å². The summed E-state index contributed by atoms with van der Waals surface area (Å²) >= 11 is 0. The summed E-state index contributed by atoms with van der Waals surface area (Å²) in [6.45, 7) is 2.67. The number of aryl methyl sites for hydroxylation is 2. The summed E-state index contributed by atoms with van der Waals surface area (Å²) in [6.07, 6.45) is 3.56. The average Bonchev–Trinajstić information content (AvgIpc) is 2.90. The Morgan fingerprint density at radius 3 is 3.14 bits per heavy atom. The van der Waals surface area contributed by atoms with Gasteiger partial charge in [0.15, 0.2) is 0 Å². The van der Waals surface area contributed by atoms with Gasteiger partial charge in [-0.25, -0.2) is 4.98 Å². The van der Waals surface area contributed by atoms with Crippen LogP contribution in [0.3, 0.4) is 0 Å². The third kappa shape index (κ3) is 2.08. The first kappa shape index (κ1) is 12.1. The molecule has 0 spiro atoms. The Morgan fingerprint density at radius 1 is 1.24 bits per heavy atom. The van der Waals surface area contributed by atoms with Crippen molar-refractivity contribution in [3.63, 3.8) is 0 Å². The lowest BCUT2D eigenvalue weighted by Gasteiger charge is -2.18. The maximum Gasteiger partial charge on any atom is 0.263 e. The van der Waals surface area contributed by atoms with Gasteiger partial charge >= 0.3 is 0 Å². The van der Waals surface area contributed by atoms with Crippen molar-refractivity contribution >= 4 is 22.6 Å². The minimum atomic E-state index is 0.492. The molecule has 21 heavy (non-hydrogen) atoms. The Balaban J connectivity index is 1.73. The summed E-state index contributed by atoms with van der Waals surface area (Å²) < 4.78 is 10.8. The van der Waals surface area contributed by atoms with Gasteiger partial charge < -0.3 is 14.6 Å². The van der Waals surface area contributed by atoms with E-state index in [1.165, 1.54) is 11.9 Å². The molecule has 6 nitrogen and oxygen atoms in total. The van der Waals surface area contributed by atoms with Crippen LogP contribution in [-0.4, -0.2) is 21.7 Å². The quantitative estimate of drug-likeness (QED) is 0.779. The van der Waals surface area contributed by atoms with Crippen molar-refractivity contribution in [2.24, 2.45) is 0 Å². The number of benzene rings is 1. The molecule has 0 bridgehead atoms. The van der Waals surface area contributed by atoms with Crippen LogP contribution in [0.5, 0.6) is 5.75 Å². The van der Waals surface area contributed by atoms with E-state index < -0.39 is 0 Å². The van der Waals surface area contributed by atoms with Gasteiger partial charge in [0.2, 0.25) is 0 Å². The number of rotatable bonds is 2. The molecule has 0 atom stereocenters. The van der Waals surface area contributed by atoms with Gasteiger partial charge in [0.05, 0.1) is 12.3 Å². The van der Waals surface area contributed by atoms with Gasteiger partial charge in [0.25, 0.3) is 5.71 Å². The second kappa shape index (κ2) is 4.73. The fourth-order valence-electron chi connectivity index (χ4n) is 2.59. The Morgan fingerprint density at radius 2 is 2.19 bits per heavy atom. The molecule has 1 aromatic carbocycles. The first-order chi connectivity index (χ1) is 10.3. The van der Waals surface area contributed by atoms with Gasteiger partial charge in [-0.3, -0.25) is 0 Å². The third-order valence-electron chi connectivity index (χ3n) is 3.61. The van der Waals surface area contributed by atoms with E-state index in [-0.39, 0.29) is 0 Å². The molecule has 2 aromatic heterocycles. The van der Waals surface area contributed by atoms with E-state index in [2.05, 4.69) is 26.5 Å². The Labute approximate surface area is 121 Å². The molecule has 4 rings (SSSR count). The highest BCUT2D eigenvalue weighted by molar-refractivity contribution is 5.89. The van der Waals surface area contributed by atoms with Crippen molar-refractivity contribution in [2.75, 3.05) is 11.9 Å². The number of hydrogen-bond donors (Lipinski definition) is 1. The first-order valence-electron chi connectivity index (χ1n) is 6.91. The Kier molecular flexibility index (Phi) is 2.73. The SMILES string of the molecule is Cc1noc2ncnc(Nc3ccc4c(c3)CCCO4)c12. The highest BCUT2D eigenvalue weighted by Crippen LogP contribution is 2.30. The monoisotopic (exact) mass is 282 g/mol. The molecule has 1 N–H and O–H groups in total. The van der Waals surface area contributed by atoms with Crippen molar-refractivity contribution in [2.45, 2.75) is 19.8 Å². The number of aromatic nitrogens is 3. The summed E-state index contributed by atoms with van der Waals surface area (Å²) in [5.41, 5.74) is 3.46. The normalized spacial score (nSPS) is 13.8. The minimum Gasteiger partial charge on any atom is -0.493 e. The molecule has 0 radical (unpaired) electrons. The molecule has 3 aromatic rings. The minimum absolute atomic E-state index is 0.492. The molecule has 3 heterocycles. The number of hydrogen-bond acceptors (Lipinski definition) is 6. The third-order valence-corrected chi connectivity index (χ3v) is 3.61. The van der Waals surface area contributed by atoms with E-state index in [0.717, 1.165) is 42.0 Å². The highest BCUT2D eigenvalue weighted by atomic mass is 16.5. The summed E-state index contributed by atoms with van der Waals surface area (Å²) in [4.78, 5) is 8.37. The summed E-state index contributed by atoms with van der Waals surface area (Å²) in [5, 5.41) is 8.06. The van der Waals surface area contributed by atoms with E-state index in [0.29, 0.717) is 11.5 Å². The van der Waals surface area contributed by atoms with Crippen LogP contribution in [0.1, 0.15) is 17.7 Å². The molecule has 106 valence electrons. The largest absolute Gasteiger partial charge is 0.493 e. The lowest BCUT2D eigenvalue weighted by molar-refractivity contribution is 0.288. The van der Waals surface area contributed by atoms with Crippen LogP contribution in [-0.2, 0) is 6.42 Å². The van der Waals surface area contributed by atoms with E-state index >= 15 is 0 Å². The van der Waals surface area contributed by atoms with Gasteiger partial charge in [-0.05, 0) is 43.5 Å². The van der Waals surface area contributed by atoms with Gasteiger partial charge in [0, 0.05) is 5.69 Å². The molecule has 0 aliphatic carbocycles. The molecule has 0 saturated heterocycles. The van der Waals surface area contributed by atoms with Gasteiger partial charge in [0.1, 0.15) is 23.3 Å². The number of nitrogens with one attached hydrogen (secondary N) is 1. The zero-order chi connectivity index (χ0) is 14.2. The fourth-order valence-corrected chi connectivity index (χ4v) is 2.59. The molecule has 6 heteroatoms.